The van der Waals surface area contributed by atoms with Crippen LogP contribution in [-0.2, 0) is 0 Å². The van der Waals surface area contributed by atoms with Gasteiger partial charge in [0.1, 0.15) is 0 Å². The minimum Gasteiger partial charge on any atom is -0.360 e. The van der Waals surface area contributed by atoms with Gasteiger partial charge in [-0.2, -0.15) is 0 Å². The maximum Gasteiger partial charge on any atom is 0.0501 e. The normalized spacial score (nSPS) is 13.4. The first kappa shape index (κ1) is 9.74. The second-order valence-electron chi connectivity index (χ2n) is 3.54. The van der Waals surface area contributed by atoms with E-state index in [4.69, 9.17) is 5.73 Å². The Morgan fingerprint density at radius 1 is 1.50 bits per heavy atom. The molecule has 0 saturated heterocycles. The molecule has 0 fully saturated rings. The Kier molecular flexibility index (Phi) is 2.61. The third kappa shape index (κ3) is 1.47. The maximum absolute atomic E-state index is 5.68. The number of para-hydroxylation sites is 1. The number of hydrogen-bond donors (Lipinski definition) is 2. The first-order valence-corrected chi connectivity index (χ1v) is 5.49. The second kappa shape index (κ2) is 3.75. The Morgan fingerprint density at radius 2 is 2.29 bits per heavy atom. The molecule has 2 aromatic rings. The minimum atomic E-state index is 0.393. The van der Waals surface area contributed by atoms with Gasteiger partial charge in [0.2, 0.25) is 0 Å². The Bertz CT molecular complexity index is 447. The van der Waals surface area contributed by atoms with E-state index in [2.05, 4.69) is 46.0 Å². The van der Waals surface area contributed by atoms with Crippen molar-refractivity contribution < 1.29 is 0 Å². The highest BCUT2D eigenvalue weighted by atomic mass is 79.9. The van der Waals surface area contributed by atoms with Crippen molar-refractivity contribution in [2.75, 3.05) is 6.54 Å². The topological polar surface area (TPSA) is 41.8 Å². The summed E-state index contributed by atoms with van der Waals surface area (Å²) in [7, 11) is 0. The first-order chi connectivity index (χ1) is 6.74. The summed E-state index contributed by atoms with van der Waals surface area (Å²) in [6.45, 7) is 2.82. The summed E-state index contributed by atoms with van der Waals surface area (Å²) in [6, 6.07) is 6.30. The number of H-pyrrole nitrogens is 1. The highest BCUT2D eigenvalue weighted by molar-refractivity contribution is 9.10. The second-order valence-corrected chi connectivity index (χ2v) is 4.40. The molecule has 1 heterocycles. The van der Waals surface area contributed by atoms with E-state index in [9.17, 15) is 0 Å². The van der Waals surface area contributed by atoms with Crippen LogP contribution in [0.2, 0.25) is 0 Å². The minimum absolute atomic E-state index is 0.393. The zero-order chi connectivity index (χ0) is 10.1. The van der Waals surface area contributed by atoms with Crippen molar-refractivity contribution in [2.24, 2.45) is 5.73 Å². The van der Waals surface area contributed by atoms with E-state index in [1.165, 1.54) is 16.5 Å². The van der Waals surface area contributed by atoms with E-state index in [1.807, 2.05) is 6.20 Å². The molecule has 0 aliphatic heterocycles. The fraction of sp³-hybridized carbons (Fsp3) is 0.273. The van der Waals surface area contributed by atoms with Crippen LogP contribution in [0.4, 0.5) is 0 Å². The monoisotopic (exact) mass is 252 g/mol. The molecule has 1 atom stereocenters. The maximum atomic E-state index is 5.68. The number of nitrogens with two attached hydrogens (primary N) is 1. The van der Waals surface area contributed by atoms with Gasteiger partial charge in [-0.1, -0.05) is 25.1 Å². The molecule has 3 heteroatoms. The van der Waals surface area contributed by atoms with Crippen molar-refractivity contribution in [3.8, 4) is 0 Å². The van der Waals surface area contributed by atoms with Gasteiger partial charge in [-0.3, -0.25) is 0 Å². The summed E-state index contributed by atoms with van der Waals surface area (Å²) in [6.07, 6.45) is 1.97. The molecule has 0 bridgehead atoms. The van der Waals surface area contributed by atoms with Crippen LogP contribution in [0.5, 0.6) is 0 Å². The van der Waals surface area contributed by atoms with Crippen molar-refractivity contribution in [1.82, 2.24) is 4.98 Å². The Morgan fingerprint density at radius 3 is 3.00 bits per heavy atom. The van der Waals surface area contributed by atoms with Gasteiger partial charge in [0, 0.05) is 16.1 Å². The van der Waals surface area contributed by atoms with Crippen LogP contribution in [0, 0.1) is 0 Å². The van der Waals surface area contributed by atoms with Crippen molar-refractivity contribution in [2.45, 2.75) is 12.8 Å². The number of rotatable bonds is 2. The highest BCUT2D eigenvalue weighted by Gasteiger charge is 2.09. The zero-order valence-electron chi connectivity index (χ0n) is 8.05. The van der Waals surface area contributed by atoms with Crippen LogP contribution in [0.3, 0.4) is 0 Å². The van der Waals surface area contributed by atoms with Crippen LogP contribution in [0.25, 0.3) is 10.9 Å². The number of aromatic amines is 1. The number of halogens is 1. The van der Waals surface area contributed by atoms with E-state index in [0.29, 0.717) is 12.5 Å². The summed E-state index contributed by atoms with van der Waals surface area (Å²) < 4.78 is 1.11. The smallest absolute Gasteiger partial charge is 0.0501 e. The van der Waals surface area contributed by atoms with Crippen molar-refractivity contribution >= 4 is 26.8 Å². The van der Waals surface area contributed by atoms with Crippen LogP contribution in [0.15, 0.2) is 28.9 Å². The number of aromatic nitrogens is 1. The lowest BCUT2D eigenvalue weighted by molar-refractivity contribution is 0.779. The summed E-state index contributed by atoms with van der Waals surface area (Å²) in [5.41, 5.74) is 8.16. The molecule has 0 amide bonds. The molecular weight excluding hydrogens is 240 g/mol. The van der Waals surface area contributed by atoms with E-state index in [0.717, 1.165) is 4.47 Å². The fourth-order valence-corrected chi connectivity index (χ4v) is 2.13. The highest BCUT2D eigenvalue weighted by Crippen LogP contribution is 2.29. The van der Waals surface area contributed by atoms with E-state index < -0.39 is 0 Å². The number of fused-ring (bicyclic) bond motifs is 1. The molecule has 1 aromatic carbocycles. The summed E-state index contributed by atoms with van der Waals surface area (Å²) in [5.74, 6) is 0.393. The van der Waals surface area contributed by atoms with Gasteiger partial charge in [0.25, 0.3) is 0 Å². The van der Waals surface area contributed by atoms with Gasteiger partial charge in [0.05, 0.1) is 5.52 Å². The number of benzene rings is 1. The van der Waals surface area contributed by atoms with Crippen molar-refractivity contribution in [3.05, 3.63) is 34.4 Å². The van der Waals surface area contributed by atoms with Gasteiger partial charge in [-0.05, 0) is 34.0 Å². The van der Waals surface area contributed by atoms with Crippen molar-refractivity contribution in [3.63, 3.8) is 0 Å². The van der Waals surface area contributed by atoms with E-state index in [-0.39, 0.29) is 0 Å². The average Bonchev–Trinajstić information content (AvgIpc) is 2.59. The van der Waals surface area contributed by atoms with Gasteiger partial charge >= 0.3 is 0 Å². The molecule has 0 aliphatic rings. The number of nitrogens with one attached hydrogen (secondary N) is 1. The Hall–Kier alpha value is -0.800. The average molecular weight is 253 g/mol. The van der Waals surface area contributed by atoms with Crippen molar-refractivity contribution in [1.29, 1.82) is 0 Å². The van der Waals surface area contributed by atoms with Crippen LogP contribution < -0.4 is 5.73 Å². The molecule has 74 valence electrons. The van der Waals surface area contributed by atoms with Crippen LogP contribution in [-0.4, -0.2) is 11.5 Å². The van der Waals surface area contributed by atoms with E-state index >= 15 is 0 Å². The molecule has 2 nitrogen and oxygen atoms in total. The molecule has 2 rings (SSSR count). The molecule has 1 aromatic heterocycles. The third-order valence-electron chi connectivity index (χ3n) is 2.58. The van der Waals surface area contributed by atoms with Gasteiger partial charge in [-0.15, -0.1) is 0 Å². The Balaban J connectivity index is 2.65. The predicted molar refractivity (Wildman–Crippen MR) is 63.5 cm³/mol. The molecular formula is C11H13BrN2. The lowest BCUT2D eigenvalue weighted by atomic mass is 9.99. The standard InChI is InChI=1S/C11H13BrN2/c1-7(5-13)8-3-2-4-9-10(12)6-14-11(8)9/h2-4,6-7,14H,5,13H2,1H3. The van der Waals surface area contributed by atoms with Gasteiger partial charge in [-0.25, -0.2) is 0 Å². The zero-order valence-corrected chi connectivity index (χ0v) is 9.64. The third-order valence-corrected chi connectivity index (χ3v) is 3.24. The lowest BCUT2D eigenvalue weighted by Crippen LogP contribution is -2.09. The SMILES string of the molecule is CC(CN)c1cccc2c(Br)c[nH]c12. The molecule has 0 radical (unpaired) electrons. The predicted octanol–water partition coefficient (Wildman–Crippen LogP) is 2.99. The molecule has 0 saturated carbocycles. The van der Waals surface area contributed by atoms with E-state index in [1.54, 1.807) is 0 Å². The Labute approximate surface area is 91.6 Å². The van der Waals surface area contributed by atoms with Gasteiger partial charge in [0.15, 0.2) is 0 Å². The lowest BCUT2D eigenvalue weighted by Gasteiger charge is -2.09. The summed E-state index contributed by atoms with van der Waals surface area (Å²) in [4.78, 5) is 3.27. The van der Waals surface area contributed by atoms with Crippen LogP contribution >= 0.6 is 15.9 Å². The number of hydrogen-bond acceptors (Lipinski definition) is 1. The molecule has 14 heavy (non-hydrogen) atoms. The largest absolute Gasteiger partial charge is 0.360 e. The molecule has 3 N–H and O–H groups in total. The van der Waals surface area contributed by atoms with Gasteiger partial charge < -0.3 is 10.7 Å². The molecule has 0 spiro atoms. The summed E-state index contributed by atoms with van der Waals surface area (Å²) >= 11 is 3.51. The molecule has 0 aliphatic carbocycles. The molecule has 1 unspecified atom stereocenters. The fourth-order valence-electron chi connectivity index (χ4n) is 1.68. The quantitative estimate of drug-likeness (QED) is 0.848. The first-order valence-electron chi connectivity index (χ1n) is 4.69. The summed E-state index contributed by atoms with van der Waals surface area (Å²) in [5, 5.41) is 1.22. The van der Waals surface area contributed by atoms with Crippen LogP contribution in [0.1, 0.15) is 18.4 Å².